The molecule has 20 heavy (non-hydrogen) atoms. The maximum Gasteiger partial charge on any atom is 0.119 e. The summed E-state index contributed by atoms with van der Waals surface area (Å²) >= 11 is 0. The van der Waals surface area contributed by atoms with Crippen molar-refractivity contribution < 1.29 is 4.74 Å². The third-order valence-corrected chi connectivity index (χ3v) is 4.28. The van der Waals surface area contributed by atoms with Crippen LogP contribution in [0.4, 0.5) is 0 Å². The molecule has 1 aliphatic rings. The zero-order valence-corrected chi connectivity index (χ0v) is 12.4. The van der Waals surface area contributed by atoms with Gasteiger partial charge in [0.05, 0.1) is 7.11 Å². The molecule has 0 heterocycles. The van der Waals surface area contributed by atoms with E-state index in [2.05, 4.69) is 42.6 Å². The van der Waals surface area contributed by atoms with E-state index in [1.165, 1.54) is 29.2 Å². The first-order valence-electron chi connectivity index (χ1n) is 7.61. The van der Waals surface area contributed by atoms with Gasteiger partial charge in [-0.25, -0.2) is 0 Å². The Kier molecular flexibility index (Phi) is 3.93. The molecule has 0 aromatic heterocycles. The van der Waals surface area contributed by atoms with Crippen molar-refractivity contribution in [2.45, 2.75) is 32.2 Å². The maximum atomic E-state index is 5.37. The molecule has 106 valence electrons. The number of likely N-dealkylation sites (N-methyl/N-ethyl adjacent to an activating group) is 1. The summed E-state index contributed by atoms with van der Waals surface area (Å²) in [6.45, 7) is 3.25. The molecule has 2 aromatic rings. The molecule has 2 nitrogen and oxygen atoms in total. The lowest BCUT2D eigenvalue weighted by atomic mass is 9.96. The molecule has 0 radical (unpaired) electrons. The zero-order valence-electron chi connectivity index (χ0n) is 12.4. The molecular formula is C18H23NO. The summed E-state index contributed by atoms with van der Waals surface area (Å²) < 4.78 is 5.37. The number of hydrogen-bond acceptors (Lipinski definition) is 2. The van der Waals surface area contributed by atoms with Gasteiger partial charge in [-0.2, -0.15) is 0 Å². The molecule has 0 spiro atoms. The minimum absolute atomic E-state index is 0.622. The van der Waals surface area contributed by atoms with Gasteiger partial charge in [0.1, 0.15) is 5.75 Å². The number of fused-ring (bicyclic) bond motifs is 1. The lowest BCUT2D eigenvalue weighted by molar-refractivity contribution is 0.415. The largest absolute Gasteiger partial charge is 0.497 e. The van der Waals surface area contributed by atoms with Crippen molar-refractivity contribution in [1.29, 1.82) is 0 Å². The Labute approximate surface area is 121 Å². The van der Waals surface area contributed by atoms with Gasteiger partial charge in [0.2, 0.25) is 0 Å². The topological polar surface area (TPSA) is 21.3 Å². The van der Waals surface area contributed by atoms with Gasteiger partial charge in [0.25, 0.3) is 0 Å². The second-order valence-electron chi connectivity index (χ2n) is 5.71. The molecule has 0 saturated heterocycles. The van der Waals surface area contributed by atoms with Crippen LogP contribution >= 0.6 is 0 Å². The maximum absolute atomic E-state index is 5.37. The average molecular weight is 269 g/mol. The van der Waals surface area contributed by atoms with E-state index in [4.69, 9.17) is 4.74 Å². The van der Waals surface area contributed by atoms with Crippen molar-refractivity contribution >= 4 is 10.8 Å². The molecule has 2 aromatic carbocycles. The van der Waals surface area contributed by atoms with Gasteiger partial charge in [0, 0.05) is 6.04 Å². The van der Waals surface area contributed by atoms with Gasteiger partial charge in [-0.1, -0.05) is 31.2 Å². The Morgan fingerprint density at radius 3 is 2.80 bits per heavy atom. The van der Waals surface area contributed by atoms with Gasteiger partial charge in [-0.3, -0.25) is 0 Å². The lowest BCUT2D eigenvalue weighted by Crippen LogP contribution is -2.32. The van der Waals surface area contributed by atoms with Gasteiger partial charge in [0.15, 0.2) is 0 Å². The summed E-state index contributed by atoms with van der Waals surface area (Å²) in [7, 11) is 1.73. The van der Waals surface area contributed by atoms with Crippen LogP contribution in [0.15, 0.2) is 36.4 Å². The van der Waals surface area contributed by atoms with Crippen LogP contribution in [0, 0.1) is 5.92 Å². The number of hydrogen-bond donors (Lipinski definition) is 1. The quantitative estimate of drug-likeness (QED) is 0.861. The molecule has 1 atom stereocenters. The van der Waals surface area contributed by atoms with Gasteiger partial charge < -0.3 is 10.1 Å². The normalized spacial score (nSPS) is 16.3. The van der Waals surface area contributed by atoms with E-state index in [1.54, 1.807) is 7.11 Å². The third-order valence-electron chi connectivity index (χ3n) is 4.28. The second-order valence-corrected chi connectivity index (χ2v) is 5.71. The predicted octanol–water partition coefficient (Wildman–Crippen LogP) is 3.78. The summed E-state index contributed by atoms with van der Waals surface area (Å²) in [6, 6.07) is 13.6. The Morgan fingerprint density at radius 1 is 1.25 bits per heavy atom. The van der Waals surface area contributed by atoms with Crippen molar-refractivity contribution in [1.82, 2.24) is 5.32 Å². The number of ether oxygens (including phenoxy) is 1. The summed E-state index contributed by atoms with van der Waals surface area (Å²) in [5.41, 5.74) is 1.43. The molecule has 0 bridgehead atoms. The molecule has 0 aliphatic heterocycles. The summed E-state index contributed by atoms with van der Waals surface area (Å²) in [6.07, 6.45) is 3.88. The minimum Gasteiger partial charge on any atom is -0.497 e. The first-order chi connectivity index (χ1) is 9.81. The summed E-state index contributed by atoms with van der Waals surface area (Å²) in [4.78, 5) is 0. The Hall–Kier alpha value is -1.54. The lowest BCUT2D eigenvalue weighted by Gasteiger charge is -2.18. The fraction of sp³-hybridized carbons (Fsp3) is 0.444. The van der Waals surface area contributed by atoms with E-state index in [-0.39, 0.29) is 0 Å². The van der Waals surface area contributed by atoms with Gasteiger partial charge in [-0.15, -0.1) is 0 Å². The van der Waals surface area contributed by atoms with E-state index >= 15 is 0 Å². The molecular weight excluding hydrogens is 246 g/mol. The summed E-state index contributed by atoms with van der Waals surface area (Å²) in [5, 5.41) is 6.28. The van der Waals surface area contributed by atoms with Crippen LogP contribution in [0.1, 0.15) is 25.3 Å². The first kappa shape index (κ1) is 13.4. The van der Waals surface area contributed by atoms with Crippen molar-refractivity contribution in [3.8, 4) is 5.75 Å². The van der Waals surface area contributed by atoms with Crippen LogP contribution in [0.2, 0.25) is 0 Å². The van der Waals surface area contributed by atoms with Crippen LogP contribution < -0.4 is 10.1 Å². The summed E-state index contributed by atoms with van der Waals surface area (Å²) in [5.74, 6) is 1.81. The molecule has 1 fully saturated rings. The molecule has 1 unspecified atom stereocenters. The smallest absolute Gasteiger partial charge is 0.119 e. The first-order valence-corrected chi connectivity index (χ1v) is 7.61. The molecule has 0 amide bonds. The van der Waals surface area contributed by atoms with Crippen LogP contribution in [0.5, 0.6) is 5.75 Å². The van der Waals surface area contributed by atoms with Gasteiger partial charge >= 0.3 is 0 Å². The second kappa shape index (κ2) is 5.84. The highest BCUT2D eigenvalue weighted by atomic mass is 16.5. The molecule has 1 aliphatic carbocycles. The van der Waals surface area contributed by atoms with Crippen molar-refractivity contribution in [3.05, 3.63) is 42.0 Å². The fourth-order valence-corrected chi connectivity index (χ4v) is 3.02. The predicted molar refractivity (Wildman–Crippen MR) is 84.4 cm³/mol. The van der Waals surface area contributed by atoms with Crippen molar-refractivity contribution in [2.24, 2.45) is 5.92 Å². The average Bonchev–Trinajstić information content (AvgIpc) is 3.31. The van der Waals surface area contributed by atoms with E-state index in [0.29, 0.717) is 6.04 Å². The van der Waals surface area contributed by atoms with E-state index < -0.39 is 0 Å². The molecule has 3 rings (SSSR count). The van der Waals surface area contributed by atoms with E-state index in [1.807, 2.05) is 6.07 Å². The number of methoxy groups -OCH3 is 1. The van der Waals surface area contributed by atoms with E-state index in [9.17, 15) is 0 Å². The minimum atomic E-state index is 0.622. The molecule has 1 saturated carbocycles. The Morgan fingerprint density at radius 2 is 2.10 bits per heavy atom. The Bertz CT molecular complexity index is 589. The third kappa shape index (κ3) is 2.80. The van der Waals surface area contributed by atoms with Crippen molar-refractivity contribution in [2.75, 3.05) is 13.7 Å². The Balaban J connectivity index is 1.92. The standard InChI is InChI=1S/C18H23NO/c1-3-19-18(14-7-8-14)11-15-6-4-5-13-9-10-16(20-2)12-17(13)15/h4-6,9-10,12,14,18-19H,3,7-8,11H2,1-2H3. The highest BCUT2D eigenvalue weighted by Gasteiger charge is 2.30. The number of rotatable bonds is 6. The number of nitrogens with one attached hydrogen (secondary N) is 1. The van der Waals surface area contributed by atoms with Crippen molar-refractivity contribution in [3.63, 3.8) is 0 Å². The zero-order chi connectivity index (χ0) is 13.9. The fourth-order valence-electron chi connectivity index (χ4n) is 3.02. The van der Waals surface area contributed by atoms with Crippen LogP contribution in [0.3, 0.4) is 0 Å². The molecule has 2 heteroatoms. The van der Waals surface area contributed by atoms with Crippen LogP contribution in [0.25, 0.3) is 10.8 Å². The van der Waals surface area contributed by atoms with Crippen LogP contribution in [-0.4, -0.2) is 19.7 Å². The van der Waals surface area contributed by atoms with Crippen LogP contribution in [-0.2, 0) is 6.42 Å². The highest BCUT2D eigenvalue weighted by molar-refractivity contribution is 5.87. The SMILES string of the molecule is CCNC(Cc1cccc2ccc(OC)cc12)C1CC1. The monoisotopic (exact) mass is 269 g/mol. The molecule has 1 N–H and O–H groups in total. The highest BCUT2D eigenvalue weighted by Crippen LogP contribution is 2.35. The van der Waals surface area contributed by atoms with Gasteiger partial charge in [-0.05, 0) is 60.2 Å². The number of benzene rings is 2. The van der Waals surface area contributed by atoms with E-state index in [0.717, 1.165) is 24.6 Å².